The maximum absolute atomic E-state index is 13.6. The minimum absolute atomic E-state index is 0.0278. The van der Waals surface area contributed by atoms with E-state index in [1.54, 1.807) is 23.7 Å². The third-order valence-corrected chi connectivity index (χ3v) is 7.78. The van der Waals surface area contributed by atoms with Gasteiger partial charge in [-0.15, -0.1) is 0 Å². The lowest BCUT2D eigenvalue weighted by molar-refractivity contribution is -0.135. The van der Waals surface area contributed by atoms with Crippen molar-refractivity contribution in [2.24, 2.45) is 13.0 Å². The van der Waals surface area contributed by atoms with Gasteiger partial charge in [-0.2, -0.15) is 4.31 Å². The van der Waals surface area contributed by atoms with Crippen LogP contribution >= 0.6 is 0 Å². The fourth-order valence-electron chi connectivity index (χ4n) is 4.18. The molecule has 2 aromatic rings. The normalized spacial score (nSPS) is 19.4. The fourth-order valence-corrected chi connectivity index (χ4v) is 5.64. The van der Waals surface area contributed by atoms with Crippen molar-refractivity contribution in [3.05, 3.63) is 48.2 Å². The van der Waals surface area contributed by atoms with Gasteiger partial charge in [-0.3, -0.25) is 4.79 Å². The second kappa shape index (κ2) is 10.6. The Morgan fingerprint density at radius 3 is 2.28 bits per heavy atom. The highest BCUT2D eigenvalue weighted by Crippen LogP contribution is 2.37. The van der Waals surface area contributed by atoms with Crippen LogP contribution in [-0.4, -0.2) is 59.3 Å². The van der Waals surface area contributed by atoms with Crippen molar-refractivity contribution in [1.29, 1.82) is 0 Å². The van der Waals surface area contributed by atoms with Crippen molar-refractivity contribution in [3.8, 4) is 0 Å². The van der Waals surface area contributed by atoms with Crippen molar-refractivity contribution in [2.45, 2.75) is 50.5 Å². The van der Waals surface area contributed by atoms with Gasteiger partial charge >= 0.3 is 0 Å². The summed E-state index contributed by atoms with van der Waals surface area (Å²) in [5.74, 6) is -1.25. The summed E-state index contributed by atoms with van der Waals surface area (Å²) in [5.41, 5.74) is 0.773. The molecule has 0 radical (unpaired) electrons. The third kappa shape index (κ3) is 5.38. The molecule has 1 aromatic carbocycles. The van der Waals surface area contributed by atoms with Gasteiger partial charge in [0.2, 0.25) is 5.91 Å². The number of aryl methyl sites for hydroxylation is 1. The summed E-state index contributed by atoms with van der Waals surface area (Å²) in [5, 5.41) is -0.0280. The Hall–Kier alpha value is -2.26. The number of carbonyl (C=O) groups is 1. The lowest BCUT2D eigenvalue weighted by Gasteiger charge is -2.28. The number of halogens is 1. The molecule has 9 heteroatoms. The van der Waals surface area contributed by atoms with E-state index in [1.807, 2.05) is 4.90 Å². The Bertz CT molecular complexity index is 999. The molecule has 1 aliphatic heterocycles. The van der Waals surface area contributed by atoms with E-state index in [2.05, 4.69) is 18.8 Å². The van der Waals surface area contributed by atoms with Gasteiger partial charge in [0.05, 0.1) is 12.2 Å². The summed E-state index contributed by atoms with van der Waals surface area (Å²) in [6.45, 7) is 5.75. The van der Waals surface area contributed by atoms with Crippen LogP contribution in [0.5, 0.6) is 0 Å². The van der Waals surface area contributed by atoms with Crippen molar-refractivity contribution in [3.63, 3.8) is 0 Å². The molecule has 2 unspecified atom stereocenters. The minimum atomic E-state index is -3.84. The average molecular weight is 465 g/mol. The topological polar surface area (TPSA) is 75.5 Å². The molecule has 0 saturated carbocycles. The van der Waals surface area contributed by atoms with Crippen molar-refractivity contribution in [1.82, 2.24) is 18.8 Å². The summed E-state index contributed by atoms with van der Waals surface area (Å²) < 4.78 is 42.9. The summed E-state index contributed by atoms with van der Waals surface area (Å²) in [4.78, 5) is 19.5. The van der Waals surface area contributed by atoms with Crippen LogP contribution in [0.25, 0.3) is 0 Å². The molecule has 1 saturated heterocycles. The predicted octanol–water partition coefficient (Wildman–Crippen LogP) is 3.39. The fraction of sp³-hybridized carbons (Fsp3) is 0.565. The molecule has 1 aromatic heterocycles. The van der Waals surface area contributed by atoms with Gasteiger partial charge in [-0.1, -0.05) is 38.8 Å². The zero-order valence-electron chi connectivity index (χ0n) is 19.1. The molecule has 1 amide bonds. The number of benzene rings is 1. The van der Waals surface area contributed by atoms with Gasteiger partial charge in [0.1, 0.15) is 5.82 Å². The Balaban J connectivity index is 1.92. The first-order valence-electron chi connectivity index (χ1n) is 11.3. The number of unbranched alkanes of at least 4 members (excludes halogenated alkanes) is 2. The number of amides is 1. The quantitative estimate of drug-likeness (QED) is 0.540. The molecular weight excluding hydrogens is 431 g/mol. The molecule has 0 N–H and O–H groups in total. The minimum Gasteiger partial charge on any atom is -0.342 e. The lowest BCUT2D eigenvalue weighted by Crippen LogP contribution is -2.40. The number of nitrogens with zero attached hydrogens (tertiary/aromatic N) is 4. The van der Waals surface area contributed by atoms with Crippen LogP contribution in [0, 0.1) is 11.7 Å². The van der Waals surface area contributed by atoms with E-state index >= 15 is 0 Å². The van der Waals surface area contributed by atoms with Gasteiger partial charge in [0.25, 0.3) is 10.0 Å². The van der Waals surface area contributed by atoms with Crippen LogP contribution in [0.3, 0.4) is 0 Å². The highest BCUT2D eigenvalue weighted by Gasteiger charge is 2.45. The molecule has 0 aliphatic carbocycles. The van der Waals surface area contributed by atoms with E-state index in [0.29, 0.717) is 13.1 Å². The Kier molecular flexibility index (Phi) is 8.05. The monoisotopic (exact) mass is 464 g/mol. The largest absolute Gasteiger partial charge is 0.342 e. The lowest BCUT2D eigenvalue weighted by atomic mass is 9.88. The third-order valence-electron chi connectivity index (χ3n) is 6.06. The molecule has 0 spiro atoms. The first-order chi connectivity index (χ1) is 15.3. The first kappa shape index (κ1) is 24.4. The molecule has 3 rings (SSSR count). The number of sulfonamides is 1. The summed E-state index contributed by atoms with van der Waals surface area (Å²) in [7, 11) is -2.13. The zero-order chi connectivity index (χ0) is 23.3. The summed E-state index contributed by atoms with van der Waals surface area (Å²) in [6, 6.07) is 6.02. The van der Waals surface area contributed by atoms with E-state index in [4.69, 9.17) is 0 Å². The number of imidazole rings is 1. The molecule has 1 aliphatic rings. The van der Waals surface area contributed by atoms with E-state index < -0.39 is 15.9 Å². The van der Waals surface area contributed by atoms with Gasteiger partial charge in [0.15, 0.2) is 5.03 Å². The molecule has 1 fully saturated rings. The zero-order valence-corrected chi connectivity index (χ0v) is 19.9. The number of hydrogen-bond donors (Lipinski definition) is 0. The molecule has 32 heavy (non-hydrogen) atoms. The van der Waals surface area contributed by atoms with Crippen LogP contribution in [0.2, 0.25) is 0 Å². The van der Waals surface area contributed by atoms with Gasteiger partial charge in [-0.05, 0) is 30.5 Å². The second-order valence-corrected chi connectivity index (χ2v) is 10.4. The number of carbonyl (C=O) groups excluding carboxylic acids is 1. The number of rotatable bonds is 10. The van der Waals surface area contributed by atoms with Gasteiger partial charge in [0, 0.05) is 45.3 Å². The predicted molar refractivity (Wildman–Crippen MR) is 121 cm³/mol. The number of aromatic nitrogens is 2. The average Bonchev–Trinajstić information content (AvgIpc) is 3.41. The maximum Gasteiger partial charge on any atom is 0.262 e. The summed E-state index contributed by atoms with van der Waals surface area (Å²) in [6.07, 6.45) is 6.66. The summed E-state index contributed by atoms with van der Waals surface area (Å²) >= 11 is 0. The highest BCUT2D eigenvalue weighted by atomic mass is 32.2. The second-order valence-electron chi connectivity index (χ2n) is 8.50. The van der Waals surface area contributed by atoms with E-state index in [9.17, 15) is 17.6 Å². The van der Waals surface area contributed by atoms with E-state index in [1.165, 1.54) is 29.0 Å². The maximum atomic E-state index is 13.6. The molecular formula is C23H33FN4O3S. The smallest absolute Gasteiger partial charge is 0.262 e. The van der Waals surface area contributed by atoms with Crippen LogP contribution in [0.1, 0.15) is 51.0 Å². The standard InChI is InChI=1S/C23H33FN4O3S/c1-4-6-12-27(13-7-5-2)23(29)21-15-28(32(30,31)22-16-26(3)17-25-22)14-20(21)18-8-10-19(24)11-9-18/h8-11,16-17,20-21H,4-7,12-15H2,1-3H3. The Morgan fingerprint density at radius 1 is 1.12 bits per heavy atom. The first-order valence-corrected chi connectivity index (χ1v) is 12.7. The van der Waals surface area contributed by atoms with Crippen LogP contribution in [-0.2, 0) is 21.9 Å². The van der Waals surface area contributed by atoms with Crippen LogP contribution < -0.4 is 0 Å². The van der Waals surface area contributed by atoms with Crippen molar-refractivity contribution in [2.75, 3.05) is 26.2 Å². The van der Waals surface area contributed by atoms with Gasteiger partial charge in [-0.25, -0.2) is 17.8 Å². The molecule has 2 atom stereocenters. The molecule has 176 valence electrons. The molecule has 2 heterocycles. The number of hydrogen-bond acceptors (Lipinski definition) is 4. The van der Waals surface area contributed by atoms with E-state index in [0.717, 1.165) is 31.2 Å². The Labute approximate surface area is 190 Å². The molecule has 0 bridgehead atoms. The highest BCUT2D eigenvalue weighted by molar-refractivity contribution is 7.89. The van der Waals surface area contributed by atoms with Crippen LogP contribution in [0.4, 0.5) is 4.39 Å². The Morgan fingerprint density at radius 2 is 1.75 bits per heavy atom. The van der Waals surface area contributed by atoms with Crippen molar-refractivity contribution < 1.29 is 17.6 Å². The van der Waals surface area contributed by atoms with Crippen molar-refractivity contribution >= 4 is 15.9 Å². The van der Waals surface area contributed by atoms with Crippen LogP contribution in [0.15, 0.2) is 41.8 Å². The molecule has 7 nitrogen and oxygen atoms in total. The van der Waals surface area contributed by atoms with E-state index in [-0.39, 0.29) is 35.8 Å². The van der Waals surface area contributed by atoms with Gasteiger partial charge < -0.3 is 9.47 Å². The SMILES string of the molecule is CCCCN(CCCC)C(=O)C1CN(S(=O)(=O)c2cn(C)cn2)CC1c1ccc(F)cc1.